The highest BCUT2D eigenvalue weighted by Gasteiger charge is 2.44. The third-order valence-electron chi connectivity index (χ3n) is 9.53. The van der Waals surface area contributed by atoms with E-state index in [0.717, 1.165) is 46.6 Å². The van der Waals surface area contributed by atoms with E-state index in [1.165, 1.54) is 12.8 Å². The number of rotatable bonds is 9. The molecule has 2 aromatic carbocycles. The number of hydrogen-bond donors (Lipinski definition) is 2. The van der Waals surface area contributed by atoms with Crippen LogP contribution in [0.15, 0.2) is 65.4 Å². The van der Waals surface area contributed by atoms with E-state index in [9.17, 15) is 9.90 Å². The molecule has 0 radical (unpaired) electrons. The molecule has 230 valence electrons. The molecule has 7 rings (SSSR count). The molecule has 0 bridgehead atoms. The predicted molar refractivity (Wildman–Crippen MR) is 169 cm³/mol. The van der Waals surface area contributed by atoms with Gasteiger partial charge in [-0.2, -0.15) is 0 Å². The highest BCUT2D eigenvalue weighted by Crippen LogP contribution is 2.46. The number of hydrogen-bond acceptors (Lipinski definition) is 7. The molecule has 1 aliphatic heterocycles. The van der Waals surface area contributed by atoms with Gasteiger partial charge in [-0.25, -0.2) is 9.97 Å². The zero-order chi connectivity index (χ0) is 30.3. The maximum atomic E-state index is 14.4. The smallest absolute Gasteiger partial charge is 0.275 e. The van der Waals surface area contributed by atoms with E-state index in [2.05, 4.69) is 27.0 Å². The number of imidazole rings is 1. The van der Waals surface area contributed by atoms with Gasteiger partial charge in [-0.05, 0) is 44.2 Å². The van der Waals surface area contributed by atoms with Gasteiger partial charge in [0, 0.05) is 50.1 Å². The van der Waals surface area contributed by atoms with Gasteiger partial charge < -0.3 is 29.0 Å². The van der Waals surface area contributed by atoms with E-state index in [1.54, 1.807) is 6.33 Å². The van der Waals surface area contributed by atoms with Crippen molar-refractivity contribution < 1.29 is 19.1 Å². The molecule has 2 fully saturated rings. The summed E-state index contributed by atoms with van der Waals surface area (Å²) in [6, 6.07) is 13.6. The van der Waals surface area contributed by atoms with Crippen LogP contribution >= 0.6 is 0 Å². The molecule has 3 heterocycles. The molecule has 1 saturated heterocycles. The number of nitrogens with one attached hydrogen (secondary N) is 1. The fourth-order valence-electron chi connectivity index (χ4n) is 7.02. The monoisotopic (exact) mass is 595 g/mol. The van der Waals surface area contributed by atoms with Gasteiger partial charge in [0.25, 0.3) is 5.91 Å². The second kappa shape index (κ2) is 11.9. The quantitative estimate of drug-likeness (QED) is 0.242. The molecular weight excluding hydrogens is 554 g/mol. The second-order valence-corrected chi connectivity index (χ2v) is 12.7. The number of oxazole rings is 1. The number of aliphatic hydroxyl groups is 1. The standard InChI is InChI=1S/C35H41N5O4/c1-23-28(13-14-29-31(23)38-24(2)44-29)43-19-15-27-21-36-17-18-39(27)34(41)32-33(26-8-4-3-5-9-26)40(22-37-32)30-10-6-7-16-35(30,42)20-25-11-12-25/h3-9,13-14,22,25,27,30,36,42H,10-12,15-21H2,1-2H3/t27-,30-,35-/m1/s1. The maximum Gasteiger partial charge on any atom is 0.275 e. The first-order valence-corrected chi connectivity index (χ1v) is 15.9. The minimum atomic E-state index is -0.860. The molecule has 9 nitrogen and oxygen atoms in total. The molecule has 2 N–H and O–H groups in total. The topological polar surface area (TPSA) is 106 Å². The SMILES string of the molecule is Cc1nc2c(C)c(OCC[C@@H]3CNCCN3C(=O)c3ncn([C@@H]4CC=CC[C@@]4(O)CC4CC4)c3-c3ccccc3)ccc2o1. The van der Waals surface area contributed by atoms with E-state index < -0.39 is 5.60 Å². The van der Waals surface area contributed by atoms with Crippen LogP contribution in [0.4, 0.5) is 0 Å². The maximum absolute atomic E-state index is 14.4. The van der Waals surface area contributed by atoms with Gasteiger partial charge >= 0.3 is 0 Å². The van der Waals surface area contributed by atoms with Crippen molar-refractivity contribution in [3.05, 3.63) is 78.1 Å². The molecule has 0 unspecified atom stereocenters. The van der Waals surface area contributed by atoms with Crippen molar-refractivity contribution in [2.45, 2.75) is 70.1 Å². The average molecular weight is 596 g/mol. The number of carbonyl (C=O) groups is 1. The van der Waals surface area contributed by atoms with Crippen LogP contribution in [0.2, 0.25) is 0 Å². The number of ether oxygens (including phenoxy) is 1. The Kier molecular flexibility index (Phi) is 7.76. The Morgan fingerprint density at radius 2 is 2.00 bits per heavy atom. The summed E-state index contributed by atoms with van der Waals surface area (Å²) in [5.41, 5.74) is 3.82. The molecule has 1 saturated carbocycles. The van der Waals surface area contributed by atoms with Crippen molar-refractivity contribution in [1.29, 1.82) is 0 Å². The summed E-state index contributed by atoms with van der Waals surface area (Å²) >= 11 is 0. The van der Waals surface area contributed by atoms with Crippen molar-refractivity contribution in [1.82, 2.24) is 24.8 Å². The minimum Gasteiger partial charge on any atom is -0.493 e. The summed E-state index contributed by atoms with van der Waals surface area (Å²) < 4.78 is 14.0. The van der Waals surface area contributed by atoms with Gasteiger partial charge in [0.2, 0.25) is 0 Å². The Bertz CT molecular complexity index is 1670. The van der Waals surface area contributed by atoms with E-state index in [0.29, 0.717) is 56.5 Å². The van der Waals surface area contributed by atoms with Crippen molar-refractivity contribution >= 4 is 17.0 Å². The number of amides is 1. The number of allylic oxidation sites excluding steroid dienone is 1. The molecule has 3 atom stereocenters. The zero-order valence-corrected chi connectivity index (χ0v) is 25.5. The predicted octanol–water partition coefficient (Wildman–Crippen LogP) is 5.61. The van der Waals surface area contributed by atoms with E-state index in [-0.39, 0.29) is 18.0 Å². The lowest BCUT2D eigenvalue weighted by Crippen LogP contribution is -2.54. The first kappa shape index (κ1) is 28.8. The summed E-state index contributed by atoms with van der Waals surface area (Å²) in [4.78, 5) is 25.6. The Morgan fingerprint density at radius 3 is 2.82 bits per heavy atom. The molecule has 4 aromatic rings. The molecular formula is C35H41N5O4. The normalized spacial score (nSPS) is 23.8. The number of piperazine rings is 1. The third-order valence-corrected chi connectivity index (χ3v) is 9.53. The second-order valence-electron chi connectivity index (χ2n) is 12.7. The first-order valence-electron chi connectivity index (χ1n) is 15.9. The third kappa shape index (κ3) is 5.55. The highest BCUT2D eigenvalue weighted by atomic mass is 16.5. The van der Waals surface area contributed by atoms with Crippen molar-refractivity contribution in [2.75, 3.05) is 26.2 Å². The molecule has 2 aliphatic carbocycles. The fraction of sp³-hybridized carbons (Fsp3) is 0.457. The Hall–Kier alpha value is -3.95. The number of fused-ring (bicyclic) bond motifs is 1. The van der Waals surface area contributed by atoms with E-state index >= 15 is 0 Å². The molecule has 0 spiro atoms. The summed E-state index contributed by atoms with van der Waals surface area (Å²) in [6.07, 6.45) is 11.2. The van der Waals surface area contributed by atoms with Gasteiger partial charge in [0.15, 0.2) is 17.2 Å². The summed E-state index contributed by atoms with van der Waals surface area (Å²) in [5.74, 6) is 1.90. The average Bonchev–Trinajstić information content (AvgIpc) is 3.58. The minimum absolute atomic E-state index is 0.0484. The number of nitrogens with zero attached hydrogens (tertiary/aromatic N) is 4. The zero-order valence-electron chi connectivity index (χ0n) is 25.5. The van der Waals surface area contributed by atoms with Crippen LogP contribution in [0.5, 0.6) is 5.75 Å². The van der Waals surface area contributed by atoms with Gasteiger partial charge in [-0.15, -0.1) is 0 Å². The van der Waals surface area contributed by atoms with Crippen LogP contribution in [0, 0.1) is 19.8 Å². The molecule has 3 aliphatic rings. The number of aromatic nitrogens is 3. The fourth-order valence-corrected chi connectivity index (χ4v) is 7.02. The van der Waals surface area contributed by atoms with E-state index in [4.69, 9.17) is 14.1 Å². The number of benzene rings is 2. The van der Waals surface area contributed by atoms with Crippen molar-refractivity contribution in [3.8, 4) is 17.0 Å². The highest BCUT2D eigenvalue weighted by molar-refractivity contribution is 5.98. The Morgan fingerprint density at radius 1 is 1.16 bits per heavy atom. The van der Waals surface area contributed by atoms with Gasteiger partial charge in [-0.1, -0.05) is 55.3 Å². The molecule has 44 heavy (non-hydrogen) atoms. The summed E-state index contributed by atoms with van der Waals surface area (Å²) in [6.45, 7) is 6.29. The molecule has 9 heteroatoms. The largest absolute Gasteiger partial charge is 0.493 e. The van der Waals surface area contributed by atoms with E-state index in [1.807, 2.05) is 61.2 Å². The van der Waals surface area contributed by atoms with Crippen molar-refractivity contribution in [2.24, 2.45) is 5.92 Å². The van der Waals surface area contributed by atoms with Crippen molar-refractivity contribution in [3.63, 3.8) is 0 Å². The lowest BCUT2D eigenvalue weighted by molar-refractivity contribution is -0.0254. The number of aryl methyl sites for hydroxylation is 2. The molecule has 1 amide bonds. The Labute approximate surface area is 257 Å². The van der Waals surface area contributed by atoms with Crippen LogP contribution in [-0.4, -0.2) is 68.3 Å². The summed E-state index contributed by atoms with van der Waals surface area (Å²) in [5, 5.41) is 15.4. The van der Waals surface area contributed by atoms with Gasteiger partial charge in [-0.3, -0.25) is 4.79 Å². The lowest BCUT2D eigenvalue weighted by Gasteiger charge is -2.39. The summed E-state index contributed by atoms with van der Waals surface area (Å²) in [7, 11) is 0. The molecule has 2 aromatic heterocycles. The van der Waals surface area contributed by atoms with Crippen LogP contribution < -0.4 is 10.1 Å². The Balaban J connectivity index is 1.14. The number of carbonyl (C=O) groups excluding carboxylic acids is 1. The van der Waals surface area contributed by atoms with Crippen LogP contribution in [0.1, 0.15) is 66.5 Å². The van der Waals surface area contributed by atoms with Gasteiger partial charge in [0.05, 0.1) is 30.3 Å². The van der Waals surface area contributed by atoms with Crippen LogP contribution in [0.25, 0.3) is 22.4 Å². The van der Waals surface area contributed by atoms with Crippen LogP contribution in [-0.2, 0) is 0 Å². The first-order chi connectivity index (χ1) is 21.4. The van der Waals surface area contributed by atoms with Gasteiger partial charge in [0.1, 0.15) is 11.3 Å². The lowest BCUT2D eigenvalue weighted by atomic mass is 9.80. The van der Waals surface area contributed by atoms with Crippen LogP contribution in [0.3, 0.4) is 0 Å².